The molecule has 3 aromatic rings. The highest BCUT2D eigenvalue weighted by Crippen LogP contribution is 2.29. The first kappa shape index (κ1) is 19.8. The number of furan rings is 1. The lowest BCUT2D eigenvalue weighted by atomic mass is 10.1. The van der Waals surface area contributed by atoms with Gasteiger partial charge in [-0.1, -0.05) is 35.3 Å². The molecule has 2 heterocycles. The van der Waals surface area contributed by atoms with Crippen LogP contribution in [0, 0.1) is 0 Å². The first-order valence-corrected chi connectivity index (χ1v) is 9.35. The lowest BCUT2D eigenvalue weighted by Crippen LogP contribution is -2.35. The number of benzene rings is 2. The van der Waals surface area contributed by atoms with Crippen molar-refractivity contribution >= 4 is 52.7 Å². The third-order valence-electron chi connectivity index (χ3n) is 4.36. The van der Waals surface area contributed by atoms with E-state index in [4.69, 9.17) is 32.7 Å². The molecule has 0 atom stereocenters. The summed E-state index contributed by atoms with van der Waals surface area (Å²) in [7, 11) is 0. The van der Waals surface area contributed by atoms with Crippen LogP contribution in [0.4, 0.5) is 5.69 Å². The van der Waals surface area contributed by atoms with E-state index < -0.39 is 17.8 Å². The van der Waals surface area contributed by atoms with Crippen LogP contribution < -0.4 is 10.4 Å². The van der Waals surface area contributed by atoms with Crippen LogP contribution in [-0.4, -0.2) is 22.9 Å². The third kappa shape index (κ3) is 3.68. The summed E-state index contributed by atoms with van der Waals surface area (Å²) in [6, 6.07) is 14.1. The number of carbonyl (C=O) groups excluding carboxylic acids is 2. The standard InChI is InChI=1S/C21H12Cl2N2O5/c22-12-2-1-3-13(9-12)25-20(27)16(19(26)24-25)10-14-5-7-18(30-14)11-4-6-15(21(28)29)17(23)8-11/h1-10H,(H,24,26)(H,28,29)/b16-10+. The fourth-order valence-corrected chi connectivity index (χ4v) is 3.37. The van der Waals surface area contributed by atoms with E-state index >= 15 is 0 Å². The maximum Gasteiger partial charge on any atom is 0.337 e. The van der Waals surface area contributed by atoms with Crippen molar-refractivity contribution in [3.8, 4) is 11.3 Å². The zero-order valence-electron chi connectivity index (χ0n) is 15.1. The van der Waals surface area contributed by atoms with Gasteiger partial charge in [0.2, 0.25) is 0 Å². The van der Waals surface area contributed by atoms with Gasteiger partial charge in [-0.15, -0.1) is 0 Å². The largest absolute Gasteiger partial charge is 0.478 e. The monoisotopic (exact) mass is 442 g/mol. The maximum absolute atomic E-state index is 12.7. The average Bonchev–Trinajstić information content (AvgIpc) is 3.28. The van der Waals surface area contributed by atoms with Gasteiger partial charge < -0.3 is 9.52 Å². The topological polar surface area (TPSA) is 99.9 Å². The number of anilines is 1. The summed E-state index contributed by atoms with van der Waals surface area (Å²) in [6.45, 7) is 0. The predicted octanol–water partition coefficient (Wildman–Crippen LogP) is 4.41. The first-order valence-electron chi connectivity index (χ1n) is 8.59. The van der Waals surface area contributed by atoms with E-state index in [1.807, 2.05) is 0 Å². The van der Waals surface area contributed by atoms with E-state index in [9.17, 15) is 14.4 Å². The Bertz CT molecular complexity index is 1230. The number of hydrogen-bond acceptors (Lipinski definition) is 4. The van der Waals surface area contributed by atoms with Gasteiger partial charge >= 0.3 is 5.97 Å². The highest BCUT2D eigenvalue weighted by atomic mass is 35.5. The van der Waals surface area contributed by atoms with E-state index in [-0.39, 0.29) is 21.9 Å². The number of hydrogen-bond donors (Lipinski definition) is 2. The van der Waals surface area contributed by atoms with Crippen molar-refractivity contribution in [2.24, 2.45) is 0 Å². The van der Waals surface area contributed by atoms with E-state index in [0.717, 1.165) is 5.01 Å². The van der Waals surface area contributed by atoms with Crippen LogP contribution in [0.1, 0.15) is 16.1 Å². The second kappa shape index (κ2) is 7.70. The van der Waals surface area contributed by atoms with Crippen LogP contribution in [0.15, 0.2) is 64.6 Å². The van der Waals surface area contributed by atoms with Gasteiger partial charge in [-0.2, -0.15) is 0 Å². The van der Waals surface area contributed by atoms with Crippen molar-refractivity contribution in [3.05, 3.63) is 81.5 Å². The minimum absolute atomic E-state index is 0.0244. The molecule has 4 rings (SSSR count). The van der Waals surface area contributed by atoms with Crippen molar-refractivity contribution in [1.82, 2.24) is 5.43 Å². The second-order valence-corrected chi connectivity index (χ2v) is 7.16. The Morgan fingerprint density at radius 1 is 1.07 bits per heavy atom. The summed E-state index contributed by atoms with van der Waals surface area (Å²) >= 11 is 11.9. The zero-order valence-corrected chi connectivity index (χ0v) is 16.6. The lowest BCUT2D eigenvalue weighted by molar-refractivity contribution is -0.117. The summed E-state index contributed by atoms with van der Waals surface area (Å²) in [5, 5.41) is 10.7. The molecule has 150 valence electrons. The van der Waals surface area contributed by atoms with Gasteiger partial charge in [0.25, 0.3) is 11.8 Å². The molecular weight excluding hydrogens is 431 g/mol. The van der Waals surface area contributed by atoms with E-state index in [1.165, 1.54) is 18.2 Å². The van der Waals surface area contributed by atoms with Crippen molar-refractivity contribution < 1.29 is 23.9 Å². The van der Waals surface area contributed by atoms with Crippen LogP contribution in [0.25, 0.3) is 17.4 Å². The van der Waals surface area contributed by atoms with Gasteiger partial charge in [0.1, 0.15) is 17.1 Å². The SMILES string of the molecule is O=C1NN(c2cccc(Cl)c2)C(=O)/C1=C/c1ccc(-c2ccc(C(=O)O)c(Cl)c2)o1. The number of nitrogens with zero attached hydrogens (tertiary/aromatic N) is 1. The van der Waals surface area contributed by atoms with Crippen LogP contribution in [-0.2, 0) is 9.59 Å². The Morgan fingerprint density at radius 2 is 1.87 bits per heavy atom. The van der Waals surface area contributed by atoms with Crippen LogP contribution in [0.3, 0.4) is 0 Å². The Morgan fingerprint density at radius 3 is 2.57 bits per heavy atom. The Hall–Kier alpha value is -3.55. The number of halogens is 2. The number of carbonyl (C=O) groups is 3. The second-order valence-electron chi connectivity index (χ2n) is 6.32. The molecule has 7 nitrogen and oxygen atoms in total. The Labute approximate surface area is 180 Å². The van der Waals surface area contributed by atoms with Gasteiger partial charge in [0.15, 0.2) is 0 Å². The Kier molecular flexibility index (Phi) is 5.07. The summed E-state index contributed by atoms with van der Waals surface area (Å²) in [6.07, 6.45) is 1.33. The number of aromatic carboxylic acids is 1. The molecule has 0 bridgehead atoms. The average molecular weight is 443 g/mol. The van der Waals surface area contributed by atoms with Gasteiger partial charge in [0.05, 0.1) is 16.3 Å². The van der Waals surface area contributed by atoms with E-state index in [2.05, 4.69) is 5.43 Å². The zero-order chi connectivity index (χ0) is 21.4. The normalized spacial score (nSPS) is 15.0. The smallest absolute Gasteiger partial charge is 0.337 e. The van der Waals surface area contributed by atoms with Crippen LogP contribution in [0.5, 0.6) is 0 Å². The van der Waals surface area contributed by atoms with Gasteiger partial charge in [-0.25, -0.2) is 9.80 Å². The molecule has 0 aliphatic carbocycles. The fraction of sp³-hybridized carbons (Fsp3) is 0. The maximum atomic E-state index is 12.7. The summed E-state index contributed by atoms with van der Waals surface area (Å²) in [5.41, 5.74) is 3.34. The summed E-state index contributed by atoms with van der Waals surface area (Å²) < 4.78 is 5.69. The molecule has 0 saturated carbocycles. The molecule has 1 fully saturated rings. The molecule has 1 aromatic heterocycles. The van der Waals surface area contributed by atoms with Crippen molar-refractivity contribution in [2.75, 3.05) is 5.01 Å². The van der Waals surface area contributed by atoms with Crippen LogP contribution in [0.2, 0.25) is 10.0 Å². The molecule has 2 aromatic carbocycles. The number of carboxylic acids is 1. The number of amides is 2. The molecule has 30 heavy (non-hydrogen) atoms. The highest BCUT2D eigenvalue weighted by Gasteiger charge is 2.34. The molecule has 0 unspecified atom stereocenters. The molecule has 0 spiro atoms. The molecule has 2 amide bonds. The Balaban J connectivity index is 1.61. The van der Waals surface area contributed by atoms with Gasteiger partial charge in [0, 0.05) is 10.6 Å². The van der Waals surface area contributed by atoms with Crippen molar-refractivity contribution in [2.45, 2.75) is 0 Å². The predicted molar refractivity (Wildman–Crippen MR) is 111 cm³/mol. The molecule has 9 heteroatoms. The number of nitrogens with one attached hydrogen (secondary N) is 1. The molecule has 1 aliphatic heterocycles. The number of carboxylic acid groups (broad SMARTS) is 1. The minimum Gasteiger partial charge on any atom is -0.478 e. The number of rotatable bonds is 4. The number of hydrazine groups is 1. The van der Waals surface area contributed by atoms with E-state index in [1.54, 1.807) is 42.5 Å². The van der Waals surface area contributed by atoms with Gasteiger partial charge in [-0.05, 0) is 48.5 Å². The minimum atomic E-state index is -1.13. The first-order chi connectivity index (χ1) is 14.3. The highest BCUT2D eigenvalue weighted by molar-refractivity contribution is 6.34. The third-order valence-corrected chi connectivity index (χ3v) is 4.90. The quantitative estimate of drug-likeness (QED) is 0.460. The lowest BCUT2D eigenvalue weighted by Gasteiger charge is -2.14. The summed E-state index contributed by atoms with van der Waals surface area (Å²) in [5.74, 6) is -1.58. The summed E-state index contributed by atoms with van der Waals surface area (Å²) in [4.78, 5) is 36.0. The van der Waals surface area contributed by atoms with Crippen molar-refractivity contribution in [3.63, 3.8) is 0 Å². The molecule has 0 radical (unpaired) electrons. The van der Waals surface area contributed by atoms with Gasteiger partial charge in [-0.3, -0.25) is 15.0 Å². The fourth-order valence-electron chi connectivity index (χ4n) is 2.92. The molecule has 1 saturated heterocycles. The molecular formula is C21H12Cl2N2O5. The van der Waals surface area contributed by atoms with E-state index in [0.29, 0.717) is 22.0 Å². The molecule has 1 aliphatic rings. The van der Waals surface area contributed by atoms with Crippen LogP contribution >= 0.6 is 23.2 Å². The molecule has 2 N–H and O–H groups in total. The van der Waals surface area contributed by atoms with Crippen molar-refractivity contribution in [1.29, 1.82) is 0 Å².